The Labute approximate surface area is 169 Å². The molecule has 1 aliphatic carbocycles. The lowest BCUT2D eigenvalue weighted by molar-refractivity contribution is -0.131. The van der Waals surface area contributed by atoms with Gasteiger partial charge in [-0.3, -0.25) is 4.79 Å². The number of amides is 1. The maximum absolute atomic E-state index is 12.9. The van der Waals surface area contributed by atoms with E-state index >= 15 is 0 Å². The molecule has 2 N–H and O–H groups in total. The topological polar surface area (TPSA) is 103 Å². The van der Waals surface area contributed by atoms with Gasteiger partial charge in [0.25, 0.3) is 6.01 Å². The van der Waals surface area contributed by atoms with Gasteiger partial charge in [0.15, 0.2) is 5.58 Å². The highest BCUT2D eigenvalue weighted by atomic mass is 16.4. The van der Waals surface area contributed by atoms with Crippen molar-refractivity contribution in [2.45, 2.75) is 44.3 Å². The van der Waals surface area contributed by atoms with Crippen LogP contribution in [-0.2, 0) is 4.79 Å². The largest absolute Gasteiger partial charge is 0.422 e. The fourth-order valence-electron chi connectivity index (χ4n) is 5.29. The number of rotatable bonds is 3. The fourth-order valence-corrected chi connectivity index (χ4v) is 5.29. The number of pyridine rings is 1. The molecule has 1 amide bonds. The zero-order valence-corrected chi connectivity index (χ0v) is 16.5. The molecule has 156 valence electrons. The standard InChI is InChI=1S/C21H28N4O4/c26-16-8-14-11-25(12-15(14)9-17(16)27)19(28)7-13-3-2-6-24(10-13)21-23-20-18(29-21)4-1-5-22-20/h1,4-5,13-17,26-27H,2-3,6-12H2/t13?,14-,15+,16+,17-. The number of carbonyl (C=O) groups excluding carboxylic acids is 1. The molecule has 2 aromatic heterocycles. The summed E-state index contributed by atoms with van der Waals surface area (Å²) in [6.45, 7) is 3.05. The Morgan fingerprint density at radius 2 is 1.93 bits per heavy atom. The zero-order chi connectivity index (χ0) is 20.0. The summed E-state index contributed by atoms with van der Waals surface area (Å²) in [4.78, 5) is 25.7. The fraction of sp³-hybridized carbons (Fsp3) is 0.667. The van der Waals surface area contributed by atoms with Crippen LogP contribution in [0.15, 0.2) is 22.7 Å². The van der Waals surface area contributed by atoms with Gasteiger partial charge in [0.1, 0.15) is 0 Å². The van der Waals surface area contributed by atoms with Crippen molar-refractivity contribution in [1.82, 2.24) is 14.9 Å². The molecule has 1 unspecified atom stereocenters. The molecule has 0 radical (unpaired) electrons. The minimum Gasteiger partial charge on any atom is -0.422 e. The minimum atomic E-state index is -0.649. The number of aliphatic hydroxyl groups excluding tert-OH is 2. The van der Waals surface area contributed by atoms with E-state index in [-0.39, 0.29) is 11.8 Å². The van der Waals surface area contributed by atoms with Gasteiger partial charge in [-0.2, -0.15) is 4.98 Å². The van der Waals surface area contributed by atoms with E-state index in [1.54, 1.807) is 6.20 Å². The van der Waals surface area contributed by atoms with Gasteiger partial charge < -0.3 is 24.4 Å². The smallest absolute Gasteiger partial charge is 0.299 e. The summed E-state index contributed by atoms with van der Waals surface area (Å²) in [7, 11) is 0. The van der Waals surface area contributed by atoms with Gasteiger partial charge in [0.2, 0.25) is 11.6 Å². The summed E-state index contributed by atoms with van der Waals surface area (Å²) >= 11 is 0. The van der Waals surface area contributed by atoms with Crippen LogP contribution in [0, 0.1) is 17.8 Å². The van der Waals surface area contributed by atoms with Crippen LogP contribution >= 0.6 is 0 Å². The van der Waals surface area contributed by atoms with E-state index in [2.05, 4.69) is 14.9 Å². The Morgan fingerprint density at radius 3 is 2.66 bits per heavy atom. The van der Waals surface area contributed by atoms with Gasteiger partial charge in [0.05, 0.1) is 12.2 Å². The van der Waals surface area contributed by atoms with Gasteiger partial charge in [-0.05, 0) is 55.6 Å². The predicted octanol–water partition coefficient (Wildman–Crippen LogP) is 1.42. The Hall–Kier alpha value is -2.19. The first-order valence-electron chi connectivity index (χ1n) is 10.7. The minimum absolute atomic E-state index is 0.189. The Morgan fingerprint density at radius 1 is 1.17 bits per heavy atom. The Balaban J connectivity index is 1.20. The number of anilines is 1. The number of aromatic nitrogens is 2. The van der Waals surface area contributed by atoms with Crippen molar-refractivity contribution in [3.05, 3.63) is 18.3 Å². The third-order valence-electron chi connectivity index (χ3n) is 6.87. The van der Waals surface area contributed by atoms with Crippen molar-refractivity contribution in [2.75, 3.05) is 31.1 Å². The molecule has 4 heterocycles. The van der Waals surface area contributed by atoms with Gasteiger partial charge in [-0.25, -0.2) is 4.98 Å². The van der Waals surface area contributed by atoms with Crippen molar-refractivity contribution >= 4 is 23.2 Å². The van der Waals surface area contributed by atoms with E-state index in [1.807, 2.05) is 17.0 Å². The second-order valence-electron chi connectivity index (χ2n) is 8.90. The lowest BCUT2D eigenvalue weighted by Crippen LogP contribution is -2.39. The van der Waals surface area contributed by atoms with Crippen molar-refractivity contribution in [2.24, 2.45) is 17.8 Å². The van der Waals surface area contributed by atoms with Crippen LogP contribution in [0.2, 0.25) is 0 Å². The molecule has 3 aliphatic rings. The van der Waals surface area contributed by atoms with E-state index in [1.165, 1.54) is 0 Å². The van der Waals surface area contributed by atoms with Crippen LogP contribution in [0.25, 0.3) is 11.2 Å². The molecule has 8 nitrogen and oxygen atoms in total. The second-order valence-corrected chi connectivity index (χ2v) is 8.90. The molecule has 1 saturated carbocycles. The van der Waals surface area contributed by atoms with Gasteiger partial charge in [-0.1, -0.05) is 0 Å². The average Bonchev–Trinajstić information content (AvgIpc) is 3.32. The maximum atomic E-state index is 12.9. The number of aliphatic hydroxyl groups is 2. The first kappa shape index (κ1) is 18.8. The number of carbonyl (C=O) groups is 1. The van der Waals surface area contributed by atoms with Crippen LogP contribution in [0.3, 0.4) is 0 Å². The Kier molecular flexibility index (Phi) is 4.91. The molecule has 2 aliphatic heterocycles. The number of nitrogens with zero attached hydrogens (tertiary/aromatic N) is 4. The predicted molar refractivity (Wildman–Crippen MR) is 106 cm³/mol. The molecule has 0 aromatic carbocycles. The molecule has 2 aromatic rings. The van der Waals surface area contributed by atoms with Crippen molar-refractivity contribution in [3.8, 4) is 0 Å². The maximum Gasteiger partial charge on any atom is 0.299 e. The summed E-state index contributed by atoms with van der Waals surface area (Å²) in [6.07, 6.45) is 4.16. The highest BCUT2D eigenvalue weighted by molar-refractivity contribution is 5.77. The summed E-state index contributed by atoms with van der Waals surface area (Å²) in [5, 5.41) is 19.8. The quantitative estimate of drug-likeness (QED) is 0.803. The molecule has 5 atom stereocenters. The number of fused-ring (bicyclic) bond motifs is 2. The normalized spacial score (nSPS) is 32.6. The number of hydrogen-bond acceptors (Lipinski definition) is 7. The average molecular weight is 400 g/mol. The number of piperidine rings is 1. The van der Waals surface area contributed by atoms with Crippen molar-refractivity contribution < 1.29 is 19.4 Å². The van der Waals surface area contributed by atoms with Crippen molar-refractivity contribution in [3.63, 3.8) is 0 Å². The third-order valence-corrected chi connectivity index (χ3v) is 6.87. The van der Waals surface area contributed by atoms with E-state index < -0.39 is 12.2 Å². The van der Waals surface area contributed by atoms with E-state index in [9.17, 15) is 15.0 Å². The molecule has 29 heavy (non-hydrogen) atoms. The van der Waals surface area contributed by atoms with Gasteiger partial charge in [0, 0.05) is 38.8 Å². The third kappa shape index (κ3) is 3.71. The summed E-state index contributed by atoms with van der Waals surface area (Å²) < 4.78 is 5.85. The molecular weight excluding hydrogens is 372 g/mol. The van der Waals surface area contributed by atoms with Crippen LogP contribution in [0.1, 0.15) is 32.1 Å². The second kappa shape index (κ2) is 7.57. The Bertz CT molecular complexity index is 835. The highest BCUT2D eigenvalue weighted by Crippen LogP contribution is 2.37. The number of likely N-dealkylation sites (tertiary alicyclic amines) is 1. The van der Waals surface area contributed by atoms with E-state index in [0.29, 0.717) is 61.4 Å². The first-order valence-corrected chi connectivity index (χ1v) is 10.7. The van der Waals surface area contributed by atoms with Gasteiger partial charge in [-0.15, -0.1) is 0 Å². The first-order chi connectivity index (χ1) is 14.1. The molecule has 0 bridgehead atoms. The monoisotopic (exact) mass is 400 g/mol. The van der Waals surface area contributed by atoms with Crippen LogP contribution in [0.4, 0.5) is 6.01 Å². The lowest BCUT2D eigenvalue weighted by Gasteiger charge is -2.32. The molecule has 8 heteroatoms. The summed E-state index contributed by atoms with van der Waals surface area (Å²) in [5.74, 6) is 1.09. The van der Waals surface area contributed by atoms with Crippen LogP contribution in [0.5, 0.6) is 0 Å². The highest BCUT2D eigenvalue weighted by Gasteiger charge is 2.42. The molecule has 3 fully saturated rings. The van der Waals surface area contributed by atoms with Crippen molar-refractivity contribution in [1.29, 1.82) is 0 Å². The van der Waals surface area contributed by atoms with E-state index in [4.69, 9.17) is 4.42 Å². The molecule has 0 spiro atoms. The lowest BCUT2D eigenvalue weighted by atomic mass is 9.79. The summed E-state index contributed by atoms with van der Waals surface area (Å²) in [6, 6.07) is 4.29. The number of hydrogen-bond donors (Lipinski definition) is 2. The summed E-state index contributed by atoms with van der Waals surface area (Å²) in [5.41, 5.74) is 1.30. The zero-order valence-electron chi connectivity index (χ0n) is 16.5. The SMILES string of the molecule is O=C(CC1CCCN(c2nc3ncccc3o2)C1)N1C[C@H]2C[C@H](O)[C@H](O)C[C@H]2C1. The van der Waals surface area contributed by atoms with Crippen LogP contribution < -0.4 is 4.90 Å². The molecule has 2 saturated heterocycles. The number of oxazole rings is 1. The molecule has 5 rings (SSSR count). The van der Waals surface area contributed by atoms with Gasteiger partial charge >= 0.3 is 0 Å². The van der Waals surface area contributed by atoms with E-state index in [0.717, 1.165) is 25.9 Å². The van der Waals surface area contributed by atoms with Crippen LogP contribution in [-0.4, -0.2) is 69.4 Å². The molecular formula is C21H28N4O4.